The van der Waals surface area contributed by atoms with Crippen LogP contribution in [0.5, 0.6) is 5.75 Å². The lowest BCUT2D eigenvalue weighted by atomic mass is 9.86. The monoisotopic (exact) mass is 213 g/mol. The molecular weight excluding hydrogens is 202 g/mol. The lowest BCUT2D eigenvalue weighted by Gasteiger charge is -2.33. The number of rotatable bonds is 1. The number of benzene rings is 1. The van der Waals surface area contributed by atoms with E-state index in [1.165, 1.54) is 0 Å². The highest BCUT2D eigenvalue weighted by atomic mass is 35.5. The largest absolute Gasteiger partial charge is 0.493 e. The molecule has 3 N–H and O–H groups in total. The van der Waals surface area contributed by atoms with E-state index >= 15 is 0 Å². The Hall–Kier alpha value is -0.770. The van der Waals surface area contributed by atoms with Gasteiger partial charge in [-0.15, -0.1) is 0 Å². The van der Waals surface area contributed by atoms with Gasteiger partial charge < -0.3 is 15.6 Å². The summed E-state index contributed by atoms with van der Waals surface area (Å²) in [6, 6.07) is 5.30. The minimum atomic E-state index is -0.682. The van der Waals surface area contributed by atoms with Gasteiger partial charge in [-0.2, -0.15) is 0 Å². The first-order valence-corrected chi connectivity index (χ1v) is 4.86. The highest BCUT2D eigenvalue weighted by Gasteiger charge is 2.33. The second-order valence-corrected chi connectivity index (χ2v) is 3.99. The van der Waals surface area contributed by atoms with E-state index in [2.05, 4.69) is 0 Å². The van der Waals surface area contributed by atoms with Gasteiger partial charge in [-0.1, -0.05) is 17.7 Å². The molecule has 1 atom stereocenters. The topological polar surface area (TPSA) is 55.5 Å². The molecule has 0 aromatic heterocycles. The van der Waals surface area contributed by atoms with Crippen LogP contribution in [0.15, 0.2) is 18.2 Å². The first kappa shape index (κ1) is 9.77. The molecule has 0 radical (unpaired) electrons. The molecule has 1 aliphatic rings. The summed E-state index contributed by atoms with van der Waals surface area (Å²) < 4.78 is 5.43. The van der Waals surface area contributed by atoms with Crippen LogP contribution in [0.2, 0.25) is 5.02 Å². The third kappa shape index (κ3) is 1.47. The van der Waals surface area contributed by atoms with Crippen molar-refractivity contribution in [2.75, 3.05) is 13.2 Å². The quantitative estimate of drug-likeness (QED) is 0.739. The number of hydrogen-bond acceptors (Lipinski definition) is 3. The summed E-state index contributed by atoms with van der Waals surface area (Å²) in [6.07, 6.45) is 0.623. The number of hydrogen-bond donors (Lipinski definition) is 2. The second kappa shape index (κ2) is 3.42. The molecule has 4 heteroatoms. The maximum Gasteiger partial charge on any atom is 0.125 e. The average Bonchev–Trinajstić information content (AvgIpc) is 2.18. The average molecular weight is 214 g/mol. The van der Waals surface area contributed by atoms with Crippen molar-refractivity contribution in [3.05, 3.63) is 28.8 Å². The molecule has 0 fully saturated rings. The van der Waals surface area contributed by atoms with E-state index in [4.69, 9.17) is 22.1 Å². The molecule has 0 amide bonds. The first-order chi connectivity index (χ1) is 6.65. The predicted octanol–water partition coefficient (Wildman–Crippen LogP) is 1.27. The maximum atomic E-state index is 9.25. The Kier molecular flexibility index (Phi) is 2.39. The van der Waals surface area contributed by atoms with Crippen LogP contribution in [-0.2, 0) is 5.54 Å². The SMILES string of the molecule is N[C@]1(CO)CCOc2cc(Cl)ccc21. The highest BCUT2D eigenvalue weighted by Crippen LogP contribution is 2.36. The Morgan fingerprint density at radius 1 is 1.57 bits per heavy atom. The van der Waals surface area contributed by atoms with E-state index in [0.717, 1.165) is 5.56 Å². The van der Waals surface area contributed by atoms with Crippen molar-refractivity contribution >= 4 is 11.6 Å². The number of nitrogens with two attached hydrogens (primary N) is 1. The van der Waals surface area contributed by atoms with Gasteiger partial charge in [0, 0.05) is 17.0 Å². The molecule has 1 aromatic rings. The summed E-state index contributed by atoms with van der Waals surface area (Å²) in [5.74, 6) is 0.681. The van der Waals surface area contributed by atoms with E-state index in [9.17, 15) is 5.11 Å². The summed E-state index contributed by atoms with van der Waals surface area (Å²) in [4.78, 5) is 0. The predicted molar refractivity (Wildman–Crippen MR) is 54.5 cm³/mol. The molecule has 14 heavy (non-hydrogen) atoms. The zero-order chi connectivity index (χ0) is 10.2. The molecule has 2 rings (SSSR count). The second-order valence-electron chi connectivity index (χ2n) is 3.55. The van der Waals surface area contributed by atoms with Gasteiger partial charge in [-0.25, -0.2) is 0 Å². The molecular formula is C10H12ClNO2. The highest BCUT2D eigenvalue weighted by molar-refractivity contribution is 6.30. The van der Waals surface area contributed by atoms with Gasteiger partial charge >= 0.3 is 0 Å². The van der Waals surface area contributed by atoms with Crippen LogP contribution in [0.25, 0.3) is 0 Å². The molecule has 1 aromatic carbocycles. The fraction of sp³-hybridized carbons (Fsp3) is 0.400. The summed E-state index contributed by atoms with van der Waals surface area (Å²) in [5, 5.41) is 9.87. The third-order valence-electron chi connectivity index (χ3n) is 2.57. The Morgan fingerprint density at radius 2 is 2.36 bits per heavy atom. The van der Waals surface area contributed by atoms with Crippen molar-refractivity contribution in [1.82, 2.24) is 0 Å². The van der Waals surface area contributed by atoms with Crippen LogP contribution in [0.3, 0.4) is 0 Å². The van der Waals surface area contributed by atoms with Crippen molar-refractivity contribution in [3.63, 3.8) is 0 Å². The molecule has 1 heterocycles. The van der Waals surface area contributed by atoms with E-state index in [-0.39, 0.29) is 6.61 Å². The standard InChI is InChI=1S/C10H12ClNO2/c11-7-1-2-8-9(5-7)14-4-3-10(8,12)6-13/h1-2,5,13H,3-4,6,12H2/t10-/m0/s1. The van der Waals surface area contributed by atoms with Crippen LogP contribution in [-0.4, -0.2) is 18.3 Å². The fourth-order valence-electron chi connectivity index (χ4n) is 1.67. The van der Waals surface area contributed by atoms with Gasteiger partial charge in [0.2, 0.25) is 0 Å². The fourth-order valence-corrected chi connectivity index (χ4v) is 1.83. The van der Waals surface area contributed by atoms with E-state index in [0.29, 0.717) is 23.8 Å². The van der Waals surface area contributed by atoms with Gasteiger partial charge in [-0.05, 0) is 12.1 Å². The van der Waals surface area contributed by atoms with Crippen LogP contribution in [0, 0.1) is 0 Å². The van der Waals surface area contributed by atoms with Gasteiger partial charge in [-0.3, -0.25) is 0 Å². The Labute approximate surface area is 87.4 Å². The third-order valence-corrected chi connectivity index (χ3v) is 2.80. The number of aliphatic hydroxyl groups is 1. The Balaban J connectivity index is 2.50. The van der Waals surface area contributed by atoms with Crippen LogP contribution < -0.4 is 10.5 Å². The first-order valence-electron chi connectivity index (χ1n) is 4.48. The molecule has 76 valence electrons. The van der Waals surface area contributed by atoms with Crippen LogP contribution in [0.1, 0.15) is 12.0 Å². The lowest BCUT2D eigenvalue weighted by Crippen LogP contribution is -2.44. The summed E-state index contributed by atoms with van der Waals surface area (Å²) in [5.41, 5.74) is 6.19. The van der Waals surface area contributed by atoms with Crippen LogP contribution >= 0.6 is 11.6 Å². The summed E-state index contributed by atoms with van der Waals surface area (Å²) >= 11 is 5.83. The summed E-state index contributed by atoms with van der Waals surface area (Å²) in [6.45, 7) is 0.440. The van der Waals surface area contributed by atoms with Gasteiger partial charge in [0.25, 0.3) is 0 Å². The van der Waals surface area contributed by atoms with Gasteiger partial charge in [0.05, 0.1) is 18.8 Å². The molecule has 0 spiro atoms. The Bertz CT molecular complexity index is 356. The van der Waals surface area contributed by atoms with Gasteiger partial charge in [0.15, 0.2) is 0 Å². The van der Waals surface area contributed by atoms with Crippen molar-refractivity contribution < 1.29 is 9.84 Å². The maximum absolute atomic E-state index is 9.25. The van der Waals surface area contributed by atoms with Crippen LogP contribution in [0.4, 0.5) is 0 Å². The zero-order valence-electron chi connectivity index (χ0n) is 7.66. The summed E-state index contributed by atoms with van der Waals surface area (Å²) in [7, 11) is 0. The van der Waals surface area contributed by atoms with E-state index in [1.54, 1.807) is 12.1 Å². The molecule has 0 saturated heterocycles. The molecule has 0 bridgehead atoms. The van der Waals surface area contributed by atoms with Gasteiger partial charge in [0.1, 0.15) is 5.75 Å². The molecule has 0 saturated carbocycles. The lowest BCUT2D eigenvalue weighted by molar-refractivity contribution is 0.138. The van der Waals surface area contributed by atoms with Crippen molar-refractivity contribution in [2.45, 2.75) is 12.0 Å². The van der Waals surface area contributed by atoms with Crippen molar-refractivity contribution in [1.29, 1.82) is 0 Å². The molecule has 3 nitrogen and oxygen atoms in total. The normalized spacial score (nSPS) is 25.4. The van der Waals surface area contributed by atoms with E-state index < -0.39 is 5.54 Å². The zero-order valence-corrected chi connectivity index (χ0v) is 8.42. The molecule has 0 unspecified atom stereocenters. The minimum Gasteiger partial charge on any atom is -0.493 e. The van der Waals surface area contributed by atoms with E-state index in [1.807, 2.05) is 6.07 Å². The number of fused-ring (bicyclic) bond motifs is 1. The molecule has 0 aliphatic carbocycles. The number of ether oxygens (including phenoxy) is 1. The smallest absolute Gasteiger partial charge is 0.125 e. The van der Waals surface area contributed by atoms with Crippen molar-refractivity contribution in [3.8, 4) is 5.75 Å². The van der Waals surface area contributed by atoms with Crippen molar-refractivity contribution in [2.24, 2.45) is 5.73 Å². The minimum absolute atomic E-state index is 0.0784. The Morgan fingerprint density at radius 3 is 3.07 bits per heavy atom. The number of aliphatic hydroxyl groups excluding tert-OH is 1. The molecule has 1 aliphatic heterocycles. The number of halogens is 1.